The number of hydrogen-bond donors (Lipinski definition) is 0. The van der Waals surface area contributed by atoms with Crippen LogP contribution in [0.1, 0.15) is 20.7 Å². The molecule has 3 aromatic rings. The maximum atomic E-state index is 13.9. The average molecular weight is 583 g/mol. The number of benzene rings is 3. The van der Waals surface area contributed by atoms with Gasteiger partial charge in [-0.3, -0.25) is 19.2 Å². The number of carbonyl (C=O) groups is 4. The molecule has 2 amide bonds. The van der Waals surface area contributed by atoms with Crippen molar-refractivity contribution < 1.29 is 23.9 Å². The largest absolute Gasteiger partial charge is 0.497 e. The van der Waals surface area contributed by atoms with E-state index < -0.39 is 35.7 Å². The van der Waals surface area contributed by atoms with Crippen molar-refractivity contribution in [3.8, 4) is 5.75 Å². The Morgan fingerprint density at radius 3 is 2.15 bits per heavy atom. The molecule has 6 rings (SSSR count). The lowest BCUT2D eigenvalue weighted by Crippen LogP contribution is -2.46. The van der Waals surface area contributed by atoms with E-state index in [1.54, 1.807) is 96.0 Å². The van der Waals surface area contributed by atoms with Gasteiger partial charge in [0.15, 0.2) is 11.6 Å². The van der Waals surface area contributed by atoms with Crippen molar-refractivity contribution in [2.75, 3.05) is 12.0 Å². The van der Waals surface area contributed by atoms with Crippen molar-refractivity contribution in [1.29, 1.82) is 0 Å². The molecule has 2 saturated heterocycles. The molecular formula is C31H23BrN2O5. The number of methoxy groups -OCH3 is 1. The van der Waals surface area contributed by atoms with Crippen LogP contribution in [0.15, 0.2) is 107 Å². The fraction of sp³-hybridized carbons (Fsp3) is 0.161. The Balaban J connectivity index is 1.42. The van der Waals surface area contributed by atoms with E-state index in [1.807, 2.05) is 6.07 Å². The number of carbonyl (C=O) groups excluding carboxylic acids is 4. The van der Waals surface area contributed by atoms with E-state index in [1.165, 1.54) is 12.0 Å². The van der Waals surface area contributed by atoms with Crippen molar-refractivity contribution >= 4 is 45.0 Å². The van der Waals surface area contributed by atoms with Gasteiger partial charge in [-0.15, -0.1) is 0 Å². The van der Waals surface area contributed by atoms with Crippen molar-refractivity contribution in [2.45, 2.75) is 12.1 Å². The maximum Gasteiger partial charge on any atom is 0.240 e. The molecule has 0 spiro atoms. The van der Waals surface area contributed by atoms with Crippen LogP contribution in [0, 0.1) is 11.8 Å². The van der Waals surface area contributed by atoms with E-state index in [2.05, 4.69) is 15.9 Å². The van der Waals surface area contributed by atoms with Crippen LogP contribution in [0.5, 0.6) is 5.75 Å². The molecule has 0 N–H and O–H groups in total. The molecule has 3 heterocycles. The number of ketones is 2. The summed E-state index contributed by atoms with van der Waals surface area (Å²) in [5.41, 5.74) is 1.79. The highest BCUT2D eigenvalue weighted by Gasteiger charge is 2.63. The minimum Gasteiger partial charge on any atom is -0.497 e. The Morgan fingerprint density at radius 1 is 0.821 bits per heavy atom. The molecule has 2 fully saturated rings. The summed E-state index contributed by atoms with van der Waals surface area (Å²) >= 11 is 3.39. The lowest BCUT2D eigenvalue weighted by Gasteiger charge is -2.32. The van der Waals surface area contributed by atoms with E-state index >= 15 is 0 Å². The number of imide groups is 1. The number of nitrogens with zero attached hydrogens (tertiary/aromatic N) is 2. The molecule has 194 valence electrons. The summed E-state index contributed by atoms with van der Waals surface area (Å²) in [4.78, 5) is 57.9. The maximum absolute atomic E-state index is 13.9. The number of halogens is 1. The van der Waals surface area contributed by atoms with Crippen molar-refractivity contribution in [2.24, 2.45) is 11.8 Å². The molecule has 3 aliphatic heterocycles. The molecule has 0 radical (unpaired) electrons. The van der Waals surface area contributed by atoms with Gasteiger partial charge in [0.1, 0.15) is 11.8 Å². The molecule has 3 aliphatic rings. The first kappa shape index (κ1) is 25.0. The summed E-state index contributed by atoms with van der Waals surface area (Å²) in [7, 11) is 1.54. The smallest absolute Gasteiger partial charge is 0.240 e. The third-order valence-corrected chi connectivity index (χ3v) is 8.10. The van der Waals surface area contributed by atoms with Crippen molar-refractivity contribution in [1.82, 2.24) is 4.90 Å². The lowest BCUT2D eigenvalue weighted by atomic mass is 9.85. The summed E-state index contributed by atoms with van der Waals surface area (Å²) in [6.45, 7) is 0. The normalized spacial score (nSPS) is 23.4. The van der Waals surface area contributed by atoms with Gasteiger partial charge >= 0.3 is 0 Å². The number of fused-ring (bicyclic) bond motifs is 3. The summed E-state index contributed by atoms with van der Waals surface area (Å²) in [5, 5.41) is 0. The van der Waals surface area contributed by atoms with E-state index in [4.69, 9.17) is 4.74 Å². The highest BCUT2D eigenvalue weighted by Crippen LogP contribution is 2.47. The minimum absolute atomic E-state index is 0.186. The Morgan fingerprint density at radius 2 is 1.49 bits per heavy atom. The second-order valence-electron chi connectivity index (χ2n) is 9.65. The van der Waals surface area contributed by atoms with Crippen molar-refractivity contribution in [3.05, 3.63) is 118 Å². The van der Waals surface area contributed by atoms with E-state index in [-0.39, 0.29) is 11.6 Å². The summed E-state index contributed by atoms with van der Waals surface area (Å²) in [6, 6.07) is 20.9. The number of rotatable bonds is 6. The molecule has 8 heteroatoms. The first-order chi connectivity index (χ1) is 18.9. The molecule has 0 bridgehead atoms. The fourth-order valence-corrected chi connectivity index (χ4v) is 5.99. The predicted octanol–water partition coefficient (Wildman–Crippen LogP) is 4.84. The zero-order chi connectivity index (χ0) is 27.3. The number of amides is 2. The highest BCUT2D eigenvalue weighted by atomic mass is 79.9. The fourth-order valence-electron chi connectivity index (χ4n) is 5.72. The monoisotopic (exact) mass is 582 g/mol. The van der Waals surface area contributed by atoms with Gasteiger partial charge < -0.3 is 9.64 Å². The van der Waals surface area contributed by atoms with E-state index in [9.17, 15) is 19.2 Å². The minimum atomic E-state index is -0.909. The van der Waals surface area contributed by atoms with Gasteiger partial charge in [0.05, 0.1) is 30.7 Å². The first-order valence-corrected chi connectivity index (χ1v) is 13.3. The van der Waals surface area contributed by atoms with Gasteiger partial charge in [-0.05, 0) is 42.5 Å². The van der Waals surface area contributed by atoms with Gasteiger partial charge in [0.2, 0.25) is 11.8 Å². The van der Waals surface area contributed by atoms with E-state index in [0.717, 1.165) is 4.47 Å². The predicted molar refractivity (Wildman–Crippen MR) is 148 cm³/mol. The number of hydrogen-bond acceptors (Lipinski definition) is 6. The van der Waals surface area contributed by atoms with Gasteiger partial charge in [0, 0.05) is 27.4 Å². The molecule has 0 aliphatic carbocycles. The number of allylic oxidation sites excluding steroid dienone is 2. The molecule has 3 aromatic carbocycles. The third kappa shape index (κ3) is 4.12. The quantitative estimate of drug-likeness (QED) is 0.305. The Bertz CT molecular complexity index is 1550. The molecule has 4 atom stereocenters. The Hall–Kier alpha value is -4.30. The molecule has 7 nitrogen and oxygen atoms in total. The first-order valence-electron chi connectivity index (χ1n) is 12.5. The SMILES string of the molecule is COc1ccc(N2C(=O)[C@@H]3[C@H](C2=O)[C@H]2C=C(C(=O)c4ccccc4)C=CN2[C@@H]3C(=O)c2ccc(Br)cc2)cc1. The zero-order valence-corrected chi connectivity index (χ0v) is 22.4. The number of anilines is 1. The Kier molecular flexibility index (Phi) is 6.27. The highest BCUT2D eigenvalue weighted by molar-refractivity contribution is 9.10. The van der Waals surface area contributed by atoms with Crippen molar-refractivity contribution in [3.63, 3.8) is 0 Å². The van der Waals surface area contributed by atoms with Gasteiger partial charge in [-0.25, -0.2) is 4.90 Å². The lowest BCUT2D eigenvalue weighted by molar-refractivity contribution is -0.123. The van der Waals surface area contributed by atoms with Crippen LogP contribution in [0.25, 0.3) is 0 Å². The summed E-state index contributed by atoms with van der Waals surface area (Å²) < 4.78 is 6.04. The molecule has 0 saturated carbocycles. The van der Waals surface area contributed by atoms with Crippen LogP contribution < -0.4 is 9.64 Å². The van der Waals surface area contributed by atoms with Crippen LogP contribution in [-0.2, 0) is 9.59 Å². The average Bonchev–Trinajstić information content (AvgIpc) is 3.44. The zero-order valence-electron chi connectivity index (χ0n) is 20.9. The van der Waals surface area contributed by atoms with Crippen LogP contribution in [0.4, 0.5) is 5.69 Å². The van der Waals surface area contributed by atoms with Crippen LogP contribution in [-0.4, -0.2) is 47.5 Å². The summed E-state index contributed by atoms with van der Waals surface area (Å²) in [6.07, 6.45) is 5.06. The van der Waals surface area contributed by atoms with Gasteiger partial charge in [-0.2, -0.15) is 0 Å². The van der Waals surface area contributed by atoms with Crippen LogP contribution in [0.2, 0.25) is 0 Å². The molecule has 39 heavy (non-hydrogen) atoms. The third-order valence-electron chi connectivity index (χ3n) is 7.57. The van der Waals surface area contributed by atoms with Crippen LogP contribution >= 0.6 is 15.9 Å². The number of Topliss-reactive ketones (excluding diaryl/α,β-unsaturated/α-hetero) is 2. The van der Waals surface area contributed by atoms with E-state index in [0.29, 0.717) is 28.1 Å². The van der Waals surface area contributed by atoms with Crippen LogP contribution in [0.3, 0.4) is 0 Å². The van der Waals surface area contributed by atoms with Gasteiger partial charge in [-0.1, -0.05) is 64.5 Å². The number of ether oxygens (including phenoxy) is 1. The summed E-state index contributed by atoms with van der Waals surface area (Å²) in [5.74, 6) is -2.41. The topological polar surface area (TPSA) is 84.0 Å². The standard InChI is InChI=1S/C31H23BrN2O5/c1-39-23-13-11-22(12-14-23)34-30(37)25-24-17-20(28(35)18-5-3-2-4-6-18)15-16-33(24)27(26(25)31(34)38)29(36)19-7-9-21(32)10-8-19/h2-17,24-27H,1H3/t24-,25-,26-,27+/m1/s1. The second kappa shape index (κ2) is 9.78. The Labute approximate surface area is 233 Å². The van der Waals surface area contributed by atoms with Gasteiger partial charge in [0.25, 0.3) is 0 Å². The molecule has 0 unspecified atom stereocenters. The second-order valence-corrected chi connectivity index (χ2v) is 10.6. The molecular weight excluding hydrogens is 560 g/mol. The molecule has 0 aromatic heterocycles.